The van der Waals surface area contributed by atoms with Gasteiger partial charge >= 0.3 is 6.36 Å². The minimum Gasteiger partial charge on any atom is -0.452 e. The molecule has 1 unspecified atom stereocenters. The first-order valence-electron chi connectivity index (χ1n) is 13.8. The lowest BCUT2D eigenvalue weighted by Crippen LogP contribution is -2.47. The topological polar surface area (TPSA) is 72.9 Å². The fourth-order valence-corrected chi connectivity index (χ4v) is 6.25. The fourth-order valence-electron chi connectivity index (χ4n) is 5.71. The zero-order valence-electron chi connectivity index (χ0n) is 23.2. The lowest BCUT2D eigenvalue weighted by molar-refractivity contribution is -0.274. The molecule has 5 rings (SSSR count). The molecule has 0 saturated carbocycles. The molecule has 1 amide bonds. The van der Waals surface area contributed by atoms with Crippen molar-refractivity contribution in [2.45, 2.75) is 44.4 Å². The van der Waals surface area contributed by atoms with Gasteiger partial charge in [0.1, 0.15) is 18.3 Å². The maximum Gasteiger partial charge on any atom is 0.573 e. The second-order valence-corrected chi connectivity index (χ2v) is 11.3. The summed E-state index contributed by atoms with van der Waals surface area (Å²) in [6.45, 7) is 4.17. The van der Waals surface area contributed by atoms with E-state index in [1.807, 2.05) is 24.3 Å². The van der Waals surface area contributed by atoms with Gasteiger partial charge in [0.15, 0.2) is 0 Å². The molecule has 2 aliphatic rings. The van der Waals surface area contributed by atoms with Crippen LogP contribution in [0.25, 0.3) is 11.1 Å². The number of halogens is 5. The molecule has 0 bridgehead atoms. The first-order chi connectivity index (χ1) is 20.6. The van der Waals surface area contributed by atoms with Gasteiger partial charge in [0, 0.05) is 36.5 Å². The Bertz CT molecular complexity index is 1430. The number of likely N-dealkylation sites (tertiary alicyclic amines) is 1. The van der Waals surface area contributed by atoms with Crippen LogP contribution in [0.5, 0.6) is 5.75 Å². The van der Waals surface area contributed by atoms with Crippen LogP contribution < -0.4 is 10.1 Å². The predicted octanol–water partition coefficient (Wildman–Crippen LogP) is 7.55. The van der Waals surface area contributed by atoms with Crippen LogP contribution >= 0.6 is 23.2 Å². The molecular formula is C31H30Cl2F3N3O4. The lowest BCUT2D eigenvalue weighted by Gasteiger charge is -2.43. The molecule has 1 saturated heterocycles. The lowest BCUT2D eigenvalue weighted by atomic mass is 9.80. The number of carbonyl (C=O) groups is 1. The van der Waals surface area contributed by atoms with Crippen molar-refractivity contribution in [3.8, 4) is 16.9 Å². The highest BCUT2D eigenvalue weighted by Gasteiger charge is 2.48. The molecule has 3 aromatic rings. The Morgan fingerprint density at radius 2 is 1.70 bits per heavy atom. The van der Waals surface area contributed by atoms with Gasteiger partial charge in [-0.2, -0.15) is 0 Å². The molecule has 1 atom stereocenters. The molecule has 2 aliphatic heterocycles. The monoisotopic (exact) mass is 635 g/mol. The number of pyridine rings is 1. The Kier molecular flexibility index (Phi) is 9.39. The molecule has 1 aromatic heterocycles. The number of nitrogens with one attached hydrogen (secondary N) is 1. The quantitative estimate of drug-likeness (QED) is 0.262. The summed E-state index contributed by atoms with van der Waals surface area (Å²) in [4.78, 5) is 18.8. The molecule has 0 spiro atoms. The van der Waals surface area contributed by atoms with Crippen LogP contribution in [0.2, 0.25) is 10.0 Å². The van der Waals surface area contributed by atoms with Crippen molar-refractivity contribution in [1.29, 1.82) is 0 Å². The van der Waals surface area contributed by atoms with E-state index in [2.05, 4.69) is 26.9 Å². The first-order valence-corrected chi connectivity index (χ1v) is 14.6. The van der Waals surface area contributed by atoms with Gasteiger partial charge in [-0.15, -0.1) is 13.2 Å². The number of nitrogens with zero attached hydrogens (tertiary/aromatic N) is 2. The normalized spacial score (nSPS) is 17.6. The van der Waals surface area contributed by atoms with Crippen LogP contribution in [0, 0.1) is 5.92 Å². The van der Waals surface area contributed by atoms with Crippen LogP contribution in [-0.4, -0.2) is 47.8 Å². The molecule has 12 heteroatoms. The number of alkyl halides is 3. The number of aromatic nitrogens is 1. The summed E-state index contributed by atoms with van der Waals surface area (Å²) in [7, 11) is 0. The third-order valence-electron chi connectivity index (χ3n) is 7.86. The van der Waals surface area contributed by atoms with Crippen molar-refractivity contribution in [1.82, 2.24) is 15.2 Å². The number of rotatable bonds is 9. The standard InChI is InChI=1S/C31H30Cl2F3N3O4/c1-20(10-13-38-29(40)28-26(32)18-37-19-27(28)33)39-14-11-22(12-15-39)30(41-16-17-42-30)25-5-3-2-4-24(25)21-6-8-23(9-7-21)43-31(34,35)36/h2-9,16-20,22H,10-15H2,1H3,(H,38,40). The van der Waals surface area contributed by atoms with Gasteiger partial charge in [0.25, 0.3) is 11.7 Å². The number of carbonyl (C=O) groups excluding carboxylic acids is 1. The van der Waals surface area contributed by atoms with Gasteiger partial charge in [-0.3, -0.25) is 9.78 Å². The van der Waals surface area contributed by atoms with Gasteiger partial charge < -0.3 is 24.4 Å². The van der Waals surface area contributed by atoms with E-state index in [1.165, 1.54) is 37.1 Å². The maximum absolute atomic E-state index is 12.7. The van der Waals surface area contributed by atoms with Gasteiger partial charge in [-0.1, -0.05) is 59.6 Å². The Balaban J connectivity index is 1.23. The summed E-state index contributed by atoms with van der Waals surface area (Å²) in [5, 5.41) is 3.30. The SMILES string of the molecule is CC(CCNC(=O)c1c(Cl)cncc1Cl)N1CCC(C2(c3ccccc3-c3ccc(OC(F)(F)F)cc3)OC=CO2)CC1. The van der Waals surface area contributed by atoms with Crippen molar-refractivity contribution in [2.75, 3.05) is 19.6 Å². The van der Waals surface area contributed by atoms with Crippen molar-refractivity contribution < 1.29 is 32.2 Å². The molecule has 7 nitrogen and oxygen atoms in total. The number of hydrogen-bond acceptors (Lipinski definition) is 6. The van der Waals surface area contributed by atoms with Crippen molar-refractivity contribution in [2.24, 2.45) is 5.92 Å². The molecule has 1 fully saturated rings. The molecule has 43 heavy (non-hydrogen) atoms. The van der Waals surface area contributed by atoms with Crippen LogP contribution in [0.4, 0.5) is 13.2 Å². The predicted molar refractivity (Wildman–Crippen MR) is 157 cm³/mol. The van der Waals surface area contributed by atoms with Gasteiger partial charge in [-0.05, 0) is 62.5 Å². The Hall–Kier alpha value is -3.47. The van der Waals surface area contributed by atoms with E-state index in [0.29, 0.717) is 12.1 Å². The van der Waals surface area contributed by atoms with Crippen LogP contribution in [0.3, 0.4) is 0 Å². The summed E-state index contributed by atoms with van der Waals surface area (Å²) < 4.78 is 54.4. The summed E-state index contributed by atoms with van der Waals surface area (Å²) in [6.07, 6.45) is 3.39. The highest BCUT2D eigenvalue weighted by Crippen LogP contribution is 2.47. The van der Waals surface area contributed by atoms with Crippen LogP contribution in [0.15, 0.2) is 73.4 Å². The smallest absolute Gasteiger partial charge is 0.452 e. The van der Waals surface area contributed by atoms with Gasteiger partial charge in [0.05, 0.1) is 15.6 Å². The van der Waals surface area contributed by atoms with E-state index >= 15 is 0 Å². The average molecular weight is 636 g/mol. The van der Waals surface area contributed by atoms with E-state index in [4.69, 9.17) is 32.7 Å². The summed E-state index contributed by atoms with van der Waals surface area (Å²) in [5.41, 5.74) is 2.53. The van der Waals surface area contributed by atoms with E-state index < -0.39 is 12.1 Å². The van der Waals surface area contributed by atoms with Crippen molar-refractivity contribution in [3.63, 3.8) is 0 Å². The number of amides is 1. The summed E-state index contributed by atoms with van der Waals surface area (Å²) in [5.74, 6) is -1.68. The Morgan fingerprint density at radius 1 is 1.07 bits per heavy atom. The van der Waals surface area contributed by atoms with E-state index in [0.717, 1.165) is 43.5 Å². The third kappa shape index (κ3) is 7.03. The maximum atomic E-state index is 12.7. The molecule has 1 N–H and O–H groups in total. The minimum absolute atomic E-state index is 0.00983. The number of ether oxygens (including phenoxy) is 3. The summed E-state index contributed by atoms with van der Waals surface area (Å²) >= 11 is 12.2. The van der Waals surface area contributed by atoms with E-state index in [9.17, 15) is 18.0 Å². The first kappa shape index (κ1) is 31.0. The summed E-state index contributed by atoms with van der Waals surface area (Å²) in [6, 6.07) is 13.6. The number of hydrogen-bond donors (Lipinski definition) is 1. The fraction of sp³-hybridized carbons (Fsp3) is 0.355. The second kappa shape index (κ2) is 13.0. The zero-order chi connectivity index (χ0) is 30.6. The van der Waals surface area contributed by atoms with Gasteiger partial charge in [0.2, 0.25) is 0 Å². The Labute approximate surface area is 257 Å². The Morgan fingerprint density at radius 3 is 2.33 bits per heavy atom. The number of benzene rings is 2. The average Bonchev–Trinajstić information content (AvgIpc) is 3.48. The zero-order valence-corrected chi connectivity index (χ0v) is 24.8. The molecule has 3 heterocycles. The van der Waals surface area contributed by atoms with Crippen molar-refractivity contribution >= 4 is 29.1 Å². The largest absolute Gasteiger partial charge is 0.573 e. The van der Waals surface area contributed by atoms with Crippen LogP contribution in [0.1, 0.15) is 42.1 Å². The van der Waals surface area contributed by atoms with E-state index in [1.54, 1.807) is 12.1 Å². The molecular weight excluding hydrogens is 606 g/mol. The second-order valence-electron chi connectivity index (χ2n) is 10.5. The molecule has 0 radical (unpaired) electrons. The molecule has 0 aliphatic carbocycles. The number of piperidine rings is 1. The molecule has 228 valence electrons. The minimum atomic E-state index is -4.76. The highest BCUT2D eigenvalue weighted by atomic mass is 35.5. The van der Waals surface area contributed by atoms with E-state index in [-0.39, 0.29) is 39.2 Å². The highest BCUT2D eigenvalue weighted by molar-refractivity contribution is 6.39. The van der Waals surface area contributed by atoms with Gasteiger partial charge in [-0.25, -0.2) is 0 Å². The van der Waals surface area contributed by atoms with Crippen LogP contribution in [-0.2, 0) is 15.3 Å². The van der Waals surface area contributed by atoms with Crippen molar-refractivity contribution in [3.05, 3.63) is 94.6 Å². The third-order valence-corrected chi connectivity index (χ3v) is 8.43. The molecule has 2 aromatic carbocycles.